The van der Waals surface area contributed by atoms with Gasteiger partial charge in [-0.15, -0.1) is 0 Å². The number of hydrogen-bond acceptors (Lipinski definition) is 0. The van der Waals surface area contributed by atoms with Gasteiger partial charge in [0.05, 0.1) is 0 Å². The molecule has 0 amide bonds. The Morgan fingerprint density at radius 1 is 1.26 bits per heavy atom. The lowest BCUT2D eigenvalue weighted by Gasteiger charge is -2.36. The first-order valence-corrected chi connectivity index (χ1v) is 9.63. The molecule has 106 valence electrons. The molecule has 1 aromatic carbocycles. The van der Waals surface area contributed by atoms with Gasteiger partial charge in [0.1, 0.15) is 0 Å². The van der Waals surface area contributed by atoms with Gasteiger partial charge in [0.15, 0.2) is 0 Å². The van der Waals surface area contributed by atoms with Gasteiger partial charge in [0.2, 0.25) is 0 Å². The SMILES string of the molecule is CCc1ccc2c(c1)C=C(C(C)C)S2(Br)C(F)(F)F. The number of aryl methyl sites for hydroxylation is 1. The van der Waals surface area contributed by atoms with E-state index >= 15 is 0 Å². The maximum Gasteiger partial charge on any atom is 0.442 e. The molecule has 0 nitrogen and oxygen atoms in total. The van der Waals surface area contributed by atoms with Gasteiger partial charge in [-0.3, -0.25) is 0 Å². The average molecular weight is 353 g/mol. The van der Waals surface area contributed by atoms with Crippen LogP contribution in [0.5, 0.6) is 0 Å². The average Bonchev–Trinajstić information content (AvgIpc) is 2.63. The molecule has 0 fully saturated rings. The molecule has 1 atom stereocenters. The Labute approximate surface area is 120 Å². The van der Waals surface area contributed by atoms with Gasteiger partial charge in [-0.1, -0.05) is 32.9 Å². The van der Waals surface area contributed by atoms with Crippen LogP contribution in [0.3, 0.4) is 0 Å². The molecule has 2 rings (SSSR count). The number of allylic oxidation sites excluding steroid dienone is 1. The number of alkyl halides is 3. The highest BCUT2D eigenvalue weighted by Crippen LogP contribution is 2.82. The second-order valence-corrected chi connectivity index (χ2v) is 10.3. The highest BCUT2D eigenvalue weighted by molar-refractivity contribution is 9.59. The molecular formula is C14H16BrF3S. The monoisotopic (exact) mass is 352 g/mol. The van der Waals surface area contributed by atoms with E-state index in [0.717, 1.165) is 12.0 Å². The Morgan fingerprint density at radius 3 is 2.37 bits per heavy atom. The largest absolute Gasteiger partial charge is 0.442 e. The Bertz CT molecular complexity index is 534. The third-order valence-corrected chi connectivity index (χ3v) is 9.42. The molecule has 0 saturated carbocycles. The van der Waals surface area contributed by atoms with Crippen molar-refractivity contribution in [1.82, 2.24) is 0 Å². The van der Waals surface area contributed by atoms with E-state index in [-0.39, 0.29) is 5.92 Å². The summed E-state index contributed by atoms with van der Waals surface area (Å²) in [7, 11) is -3.07. The van der Waals surface area contributed by atoms with Crippen molar-refractivity contribution < 1.29 is 13.2 Å². The fourth-order valence-electron chi connectivity index (χ4n) is 2.30. The van der Waals surface area contributed by atoms with Crippen molar-refractivity contribution in [2.75, 3.05) is 0 Å². The fourth-order valence-corrected chi connectivity index (χ4v) is 6.99. The van der Waals surface area contributed by atoms with Crippen LogP contribution < -0.4 is 0 Å². The molecule has 0 bridgehead atoms. The summed E-state index contributed by atoms with van der Waals surface area (Å²) in [5.41, 5.74) is -2.48. The molecule has 1 heterocycles. The van der Waals surface area contributed by atoms with Gasteiger partial charge in [-0.25, -0.2) is 0 Å². The number of rotatable bonds is 2. The van der Waals surface area contributed by atoms with Crippen LogP contribution in [0.4, 0.5) is 13.2 Å². The van der Waals surface area contributed by atoms with Gasteiger partial charge < -0.3 is 0 Å². The standard InChI is InChI=1S/C14H16BrF3S/c1-4-10-5-6-12-11(7-10)8-13(9(2)3)19(12,15)14(16,17)18/h5-9H,4H2,1-3H3. The van der Waals surface area contributed by atoms with E-state index in [9.17, 15) is 13.2 Å². The summed E-state index contributed by atoms with van der Waals surface area (Å²) < 4.78 is 40.7. The Balaban J connectivity index is 2.66. The van der Waals surface area contributed by atoms with E-state index in [2.05, 4.69) is 14.8 Å². The summed E-state index contributed by atoms with van der Waals surface area (Å²) in [6.45, 7) is 5.63. The molecule has 0 N–H and O–H groups in total. The van der Waals surface area contributed by atoms with Crippen molar-refractivity contribution in [2.24, 2.45) is 5.92 Å². The molecule has 0 spiro atoms. The third-order valence-electron chi connectivity index (χ3n) is 3.30. The van der Waals surface area contributed by atoms with Crippen molar-refractivity contribution in [3.8, 4) is 0 Å². The summed E-state index contributed by atoms with van der Waals surface area (Å²) in [6, 6.07) is 5.31. The Morgan fingerprint density at radius 2 is 1.89 bits per heavy atom. The second kappa shape index (κ2) is 4.85. The van der Waals surface area contributed by atoms with E-state index in [1.807, 2.05) is 26.8 Å². The third kappa shape index (κ3) is 2.25. The number of halogens is 4. The van der Waals surface area contributed by atoms with E-state index in [1.54, 1.807) is 18.2 Å². The number of fused-ring (bicyclic) bond motifs is 1. The summed E-state index contributed by atoms with van der Waals surface area (Å²) >= 11 is 3.07. The molecule has 0 saturated heterocycles. The van der Waals surface area contributed by atoms with E-state index in [1.165, 1.54) is 0 Å². The lowest BCUT2D eigenvalue weighted by molar-refractivity contribution is -0.0356. The molecule has 0 radical (unpaired) electrons. The molecule has 0 aliphatic carbocycles. The molecule has 5 heteroatoms. The first-order valence-electron chi connectivity index (χ1n) is 6.15. The van der Waals surface area contributed by atoms with Gasteiger partial charge in [0.25, 0.3) is 0 Å². The minimum Gasteiger partial charge on any atom is -0.160 e. The zero-order chi connectivity index (χ0) is 14.4. The predicted molar refractivity (Wildman–Crippen MR) is 79.5 cm³/mol. The van der Waals surface area contributed by atoms with Gasteiger partial charge >= 0.3 is 5.51 Å². The summed E-state index contributed by atoms with van der Waals surface area (Å²) in [4.78, 5) is 0.851. The Kier molecular flexibility index (Phi) is 3.82. The fraction of sp³-hybridized carbons (Fsp3) is 0.429. The Hall–Kier alpha value is -0.420. The molecule has 19 heavy (non-hydrogen) atoms. The van der Waals surface area contributed by atoms with Crippen molar-refractivity contribution >= 4 is 29.4 Å². The van der Waals surface area contributed by atoms with E-state index in [0.29, 0.717) is 15.4 Å². The van der Waals surface area contributed by atoms with Crippen LogP contribution in [-0.4, -0.2) is 5.51 Å². The smallest absolute Gasteiger partial charge is 0.160 e. The zero-order valence-electron chi connectivity index (χ0n) is 11.0. The highest BCUT2D eigenvalue weighted by atomic mass is 79.9. The van der Waals surface area contributed by atoms with Crippen molar-refractivity contribution in [1.29, 1.82) is 0 Å². The summed E-state index contributed by atoms with van der Waals surface area (Å²) in [5.74, 6) is -0.131. The summed E-state index contributed by atoms with van der Waals surface area (Å²) in [6.07, 6.45) is 2.55. The maximum absolute atomic E-state index is 13.6. The maximum atomic E-state index is 13.6. The number of hydrogen-bond donors (Lipinski definition) is 0. The second-order valence-electron chi connectivity index (χ2n) is 4.91. The molecular weight excluding hydrogens is 337 g/mol. The van der Waals surface area contributed by atoms with E-state index < -0.39 is 14.0 Å². The molecule has 1 aromatic rings. The van der Waals surface area contributed by atoms with Gasteiger partial charge in [-0.2, -0.15) is 13.2 Å². The normalized spacial score (nSPS) is 26.0. The van der Waals surface area contributed by atoms with Gasteiger partial charge in [0, 0.05) is 4.90 Å². The molecule has 0 aromatic heterocycles. The first-order chi connectivity index (χ1) is 8.71. The first kappa shape index (κ1) is 15.0. The van der Waals surface area contributed by atoms with Crippen LogP contribution in [0.1, 0.15) is 31.9 Å². The highest BCUT2D eigenvalue weighted by Gasteiger charge is 2.55. The van der Waals surface area contributed by atoms with Crippen LogP contribution in [0, 0.1) is 5.92 Å². The lowest BCUT2D eigenvalue weighted by atomic mass is 10.1. The van der Waals surface area contributed by atoms with Crippen molar-refractivity contribution in [3.63, 3.8) is 0 Å². The van der Waals surface area contributed by atoms with Gasteiger partial charge in [-0.05, 0) is 63.8 Å². The summed E-state index contributed by atoms with van der Waals surface area (Å²) in [5, 5.41) is 0. The van der Waals surface area contributed by atoms with Crippen LogP contribution in [0.25, 0.3) is 6.08 Å². The minimum absolute atomic E-state index is 0.131. The molecule has 1 aliphatic rings. The predicted octanol–water partition coefficient (Wildman–Crippen LogP) is 6.25. The minimum atomic E-state index is -4.26. The van der Waals surface area contributed by atoms with Crippen LogP contribution in [0.15, 0.2) is 28.0 Å². The van der Waals surface area contributed by atoms with Crippen LogP contribution in [-0.2, 0) is 6.42 Å². The number of benzene rings is 1. The van der Waals surface area contributed by atoms with E-state index in [4.69, 9.17) is 0 Å². The molecule has 1 unspecified atom stereocenters. The lowest BCUT2D eigenvalue weighted by Crippen LogP contribution is -2.17. The van der Waals surface area contributed by atoms with Crippen molar-refractivity contribution in [2.45, 2.75) is 37.6 Å². The quantitative estimate of drug-likeness (QED) is 0.589. The van der Waals surface area contributed by atoms with Crippen molar-refractivity contribution in [3.05, 3.63) is 34.2 Å². The topological polar surface area (TPSA) is 0 Å². The molecule has 1 aliphatic heterocycles. The van der Waals surface area contributed by atoms with Crippen LogP contribution >= 0.6 is 23.3 Å². The van der Waals surface area contributed by atoms with Crippen LogP contribution in [0.2, 0.25) is 0 Å². The zero-order valence-corrected chi connectivity index (χ0v) is 13.4.